The average molecular weight is 541 g/mol. The highest BCUT2D eigenvalue weighted by Crippen LogP contribution is 2.52. The van der Waals surface area contributed by atoms with Gasteiger partial charge in [0.15, 0.2) is 11.4 Å². The predicted molar refractivity (Wildman–Crippen MR) is 140 cm³/mol. The molecule has 0 heterocycles. The normalized spacial score (nSPS) is 24.4. The maximum absolute atomic E-state index is 13.8. The van der Waals surface area contributed by atoms with Gasteiger partial charge in [0.1, 0.15) is 22.8 Å². The molecular formula is C28H32N2O9. The van der Waals surface area contributed by atoms with Crippen LogP contribution in [0.3, 0.4) is 0 Å². The third-order valence-electron chi connectivity index (χ3n) is 7.69. The molecule has 1 aromatic rings. The zero-order valence-electron chi connectivity index (χ0n) is 22.0. The largest absolute Gasteiger partial charge is 0.511 e. The van der Waals surface area contributed by atoms with Crippen molar-refractivity contribution in [1.29, 1.82) is 0 Å². The molecule has 1 aromatic carbocycles. The van der Waals surface area contributed by atoms with Crippen molar-refractivity contribution < 1.29 is 44.3 Å². The number of anilines is 1. The fourth-order valence-corrected chi connectivity index (χ4v) is 5.74. The SMILES string of the molecule is CCCCOC(=O)/C=C/c1cc(N(C)C)c2c(c1O)C(=O)C1=C(O)[C@]3(O)C(=O)C(C(N)=O)=C(O)C[C@@H]3C[C@@H]1C2. The summed E-state index contributed by atoms with van der Waals surface area (Å²) in [5.74, 6) is -7.51. The molecule has 6 N–H and O–H groups in total. The number of aromatic hydroxyl groups is 1. The minimum atomic E-state index is -2.63. The highest BCUT2D eigenvalue weighted by atomic mass is 16.5. The van der Waals surface area contributed by atoms with Crippen LogP contribution >= 0.6 is 0 Å². The van der Waals surface area contributed by atoms with Gasteiger partial charge >= 0.3 is 5.97 Å². The Balaban J connectivity index is 1.82. The fourth-order valence-electron chi connectivity index (χ4n) is 5.74. The van der Waals surface area contributed by atoms with Crippen LogP contribution < -0.4 is 10.6 Å². The number of amides is 1. The highest BCUT2D eigenvalue weighted by Gasteiger charge is 2.59. The van der Waals surface area contributed by atoms with Gasteiger partial charge in [0.05, 0.1) is 12.2 Å². The first kappa shape index (κ1) is 27.9. The van der Waals surface area contributed by atoms with Gasteiger partial charge in [-0.25, -0.2) is 4.79 Å². The summed E-state index contributed by atoms with van der Waals surface area (Å²) in [4.78, 5) is 52.6. The summed E-state index contributed by atoms with van der Waals surface area (Å²) in [7, 11) is 3.50. The van der Waals surface area contributed by atoms with Crippen molar-refractivity contribution in [2.75, 3.05) is 25.6 Å². The molecule has 0 saturated heterocycles. The second kappa shape index (κ2) is 10.2. The summed E-state index contributed by atoms with van der Waals surface area (Å²) in [6.45, 7) is 2.21. The van der Waals surface area contributed by atoms with Crippen molar-refractivity contribution in [3.63, 3.8) is 0 Å². The quantitative estimate of drug-likeness (QED) is 0.148. The number of carbonyl (C=O) groups excluding carboxylic acids is 4. The van der Waals surface area contributed by atoms with Gasteiger partial charge in [-0.1, -0.05) is 13.3 Å². The third-order valence-corrected chi connectivity index (χ3v) is 7.69. The summed E-state index contributed by atoms with van der Waals surface area (Å²) in [5, 5.41) is 44.0. The van der Waals surface area contributed by atoms with E-state index in [1.807, 2.05) is 6.92 Å². The molecule has 3 atom stereocenters. The summed E-state index contributed by atoms with van der Waals surface area (Å²) in [6.07, 6.45) is 3.95. The summed E-state index contributed by atoms with van der Waals surface area (Å²) in [5.41, 5.74) is 2.65. The standard InChI is InChI=1S/C28H32N2O9/c1-4-5-8-39-19(32)7-6-13-11-17(30(2)3)16-10-14-9-15-12-18(31)22(27(29)37)26(36)28(15,38)25(35)20(14)24(34)21(16)23(13)33/h6-7,11,14-15,31,33,35,38H,4-5,8-10,12H2,1-3H3,(H2,29,37)/b7-6+/t14-,15+,28+/m1/s1. The molecule has 0 spiro atoms. The first-order chi connectivity index (χ1) is 18.3. The van der Waals surface area contributed by atoms with Crippen molar-refractivity contribution >= 4 is 35.2 Å². The number of ketones is 2. The lowest BCUT2D eigenvalue weighted by atomic mass is 9.60. The number of fused-ring (bicyclic) bond motifs is 3. The number of aliphatic hydroxyl groups is 3. The van der Waals surface area contributed by atoms with Gasteiger partial charge in [-0.3, -0.25) is 14.4 Å². The number of phenolic OH excluding ortho intramolecular Hbond substituents is 1. The number of allylic oxidation sites excluding steroid dienone is 2. The number of aliphatic hydroxyl groups excluding tert-OH is 2. The number of nitrogens with two attached hydrogens (primary N) is 1. The smallest absolute Gasteiger partial charge is 0.330 e. The van der Waals surface area contributed by atoms with Crippen LogP contribution in [0.5, 0.6) is 5.75 Å². The van der Waals surface area contributed by atoms with E-state index in [9.17, 15) is 39.6 Å². The van der Waals surface area contributed by atoms with Crippen LogP contribution in [0, 0.1) is 11.8 Å². The molecule has 0 saturated carbocycles. The minimum absolute atomic E-state index is 0.0435. The van der Waals surface area contributed by atoms with E-state index in [0.717, 1.165) is 12.5 Å². The molecule has 0 radical (unpaired) electrons. The molecule has 4 rings (SSSR count). The summed E-state index contributed by atoms with van der Waals surface area (Å²) in [6, 6.07) is 1.63. The van der Waals surface area contributed by atoms with E-state index in [1.54, 1.807) is 25.1 Å². The summed E-state index contributed by atoms with van der Waals surface area (Å²) >= 11 is 0. The molecule has 0 fully saturated rings. The van der Waals surface area contributed by atoms with Crippen molar-refractivity contribution in [2.45, 2.75) is 44.6 Å². The van der Waals surface area contributed by atoms with Gasteiger partial charge in [-0.15, -0.1) is 0 Å². The number of esters is 1. The predicted octanol–water partition coefficient (Wildman–Crippen LogP) is 2.00. The lowest BCUT2D eigenvalue weighted by molar-refractivity contribution is -0.144. The zero-order valence-corrected chi connectivity index (χ0v) is 22.0. The summed E-state index contributed by atoms with van der Waals surface area (Å²) < 4.78 is 5.11. The van der Waals surface area contributed by atoms with E-state index in [4.69, 9.17) is 10.5 Å². The lowest BCUT2D eigenvalue weighted by Crippen LogP contribution is -2.57. The van der Waals surface area contributed by atoms with E-state index in [1.165, 1.54) is 6.08 Å². The highest BCUT2D eigenvalue weighted by molar-refractivity contribution is 6.24. The molecule has 3 aliphatic rings. The van der Waals surface area contributed by atoms with Gasteiger partial charge in [0.25, 0.3) is 5.91 Å². The van der Waals surface area contributed by atoms with E-state index >= 15 is 0 Å². The Hall–Kier alpha value is -4.12. The number of unbranched alkanes of at least 4 members (excludes halogenated alkanes) is 1. The Morgan fingerprint density at radius 1 is 1.21 bits per heavy atom. The van der Waals surface area contributed by atoms with E-state index in [-0.39, 0.29) is 42.6 Å². The Labute approximate surface area is 224 Å². The molecule has 1 amide bonds. The zero-order chi connectivity index (χ0) is 28.8. The van der Waals surface area contributed by atoms with Gasteiger partial charge in [0, 0.05) is 49.3 Å². The number of phenols is 1. The number of Topliss-reactive ketones (excluding diaryl/α,β-unsaturated/α-hetero) is 2. The second-order valence-electron chi connectivity index (χ2n) is 10.3. The molecule has 208 valence electrons. The Morgan fingerprint density at radius 2 is 1.90 bits per heavy atom. The molecular weight excluding hydrogens is 508 g/mol. The van der Waals surface area contributed by atoms with Crippen molar-refractivity contribution in [2.24, 2.45) is 17.6 Å². The minimum Gasteiger partial charge on any atom is -0.511 e. The molecule has 11 nitrogen and oxygen atoms in total. The second-order valence-corrected chi connectivity index (χ2v) is 10.3. The van der Waals surface area contributed by atoms with Crippen LogP contribution in [-0.4, -0.2) is 70.2 Å². The van der Waals surface area contributed by atoms with E-state index in [2.05, 4.69) is 0 Å². The number of nitrogens with zero attached hydrogens (tertiary/aromatic N) is 1. The molecule has 0 unspecified atom stereocenters. The third kappa shape index (κ3) is 4.46. The average Bonchev–Trinajstić information content (AvgIpc) is 2.85. The van der Waals surface area contributed by atoms with Gasteiger partial charge in [0.2, 0.25) is 5.78 Å². The maximum Gasteiger partial charge on any atom is 0.330 e. The van der Waals surface area contributed by atoms with Crippen LogP contribution in [0.25, 0.3) is 6.08 Å². The maximum atomic E-state index is 13.8. The molecule has 0 bridgehead atoms. The van der Waals surface area contributed by atoms with Crippen LogP contribution in [0.4, 0.5) is 5.69 Å². The number of rotatable bonds is 7. The topological polar surface area (TPSA) is 188 Å². The van der Waals surface area contributed by atoms with Crippen LogP contribution in [0.1, 0.15) is 54.1 Å². The van der Waals surface area contributed by atoms with Crippen molar-refractivity contribution in [3.8, 4) is 5.75 Å². The van der Waals surface area contributed by atoms with Crippen molar-refractivity contribution in [3.05, 3.63) is 51.5 Å². The Bertz CT molecular complexity index is 1370. The van der Waals surface area contributed by atoms with Crippen LogP contribution in [0.2, 0.25) is 0 Å². The molecule has 0 aromatic heterocycles. The van der Waals surface area contributed by atoms with Crippen LogP contribution in [0.15, 0.2) is 34.8 Å². The number of benzene rings is 1. The Kier molecular flexibility index (Phi) is 7.31. The number of hydrogen-bond donors (Lipinski definition) is 5. The van der Waals surface area contributed by atoms with Gasteiger partial charge < -0.3 is 35.8 Å². The number of carbonyl (C=O) groups is 4. The molecule has 0 aliphatic heterocycles. The van der Waals surface area contributed by atoms with Crippen LogP contribution in [-0.2, 0) is 25.5 Å². The first-order valence-corrected chi connectivity index (χ1v) is 12.7. The molecule has 11 heteroatoms. The fraction of sp³-hybridized carbons (Fsp3) is 0.429. The Morgan fingerprint density at radius 3 is 2.51 bits per heavy atom. The number of hydrogen-bond acceptors (Lipinski definition) is 10. The van der Waals surface area contributed by atoms with Crippen molar-refractivity contribution in [1.82, 2.24) is 0 Å². The first-order valence-electron chi connectivity index (χ1n) is 12.7. The van der Waals surface area contributed by atoms with E-state index < -0.39 is 63.7 Å². The lowest BCUT2D eigenvalue weighted by Gasteiger charge is -2.45. The number of ether oxygens (including phenoxy) is 1. The van der Waals surface area contributed by atoms with Gasteiger partial charge in [-0.05, 0) is 42.9 Å². The number of primary amides is 1. The molecule has 3 aliphatic carbocycles. The van der Waals surface area contributed by atoms with E-state index in [0.29, 0.717) is 17.7 Å². The molecule has 39 heavy (non-hydrogen) atoms. The monoisotopic (exact) mass is 540 g/mol. The van der Waals surface area contributed by atoms with Gasteiger partial charge in [-0.2, -0.15) is 0 Å².